The van der Waals surface area contributed by atoms with Crippen LogP contribution in [0.3, 0.4) is 0 Å². The van der Waals surface area contributed by atoms with Gasteiger partial charge in [0.05, 0.1) is 11.0 Å². The maximum atomic E-state index is 13.0. The lowest BCUT2D eigenvalue weighted by Gasteiger charge is -1.98. The number of hydrogen-bond acceptors (Lipinski definition) is 5. The predicted octanol–water partition coefficient (Wildman–Crippen LogP) is 5.47. The molecule has 0 atom stereocenters. The van der Waals surface area contributed by atoms with Gasteiger partial charge in [0.25, 0.3) is 5.56 Å². The Morgan fingerprint density at radius 1 is 1.10 bits per heavy atom. The highest BCUT2D eigenvalue weighted by Gasteiger charge is 2.13. The second-order valence-corrected chi connectivity index (χ2v) is 9.31. The summed E-state index contributed by atoms with van der Waals surface area (Å²) in [5.41, 5.74) is 3.94. The Hall–Kier alpha value is -2.54. The number of halogens is 1. The van der Waals surface area contributed by atoms with Crippen molar-refractivity contribution >= 4 is 56.8 Å². The number of thiazole rings is 1. The zero-order valence-electron chi connectivity index (χ0n) is 15.6. The fraction of sp³-hybridized carbons (Fsp3) is 0.0909. The Labute approximate surface area is 179 Å². The van der Waals surface area contributed by atoms with Crippen molar-refractivity contribution in [3.05, 3.63) is 85.3 Å². The summed E-state index contributed by atoms with van der Waals surface area (Å²) in [5.74, 6) is 0.638. The predicted molar refractivity (Wildman–Crippen MR) is 119 cm³/mol. The molecule has 0 N–H and O–H groups in total. The summed E-state index contributed by atoms with van der Waals surface area (Å²) in [6.45, 7) is 4.09. The van der Waals surface area contributed by atoms with Gasteiger partial charge in [-0.2, -0.15) is 0 Å². The average Bonchev–Trinajstić information content (AvgIpc) is 3.35. The maximum Gasteiger partial charge on any atom is 0.275 e. The van der Waals surface area contributed by atoms with Gasteiger partial charge in [-0.15, -0.1) is 0 Å². The van der Waals surface area contributed by atoms with Gasteiger partial charge in [0.15, 0.2) is 10.1 Å². The number of furan rings is 1. The normalized spacial score (nSPS) is 12.4. The van der Waals surface area contributed by atoms with Gasteiger partial charge in [0.2, 0.25) is 0 Å². The van der Waals surface area contributed by atoms with E-state index in [9.17, 15) is 4.79 Å². The summed E-state index contributed by atoms with van der Waals surface area (Å²) in [5, 5.41) is 1.45. The molecule has 3 aromatic heterocycles. The van der Waals surface area contributed by atoms with E-state index in [1.54, 1.807) is 10.5 Å². The average molecular weight is 439 g/mol. The number of hydrogen-bond donors (Lipinski definition) is 0. The maximum absolute atomic E-state index is 13.0. The lowest BCUT2D eigenvalue weighted by molar-refractivity contribution is 0.466. The van der Waals surface area contributed by atoms with Crippen LogP contribution in [0.15, 0.2) is 67.7 Å². The fourth-order valence-corrected chi connectivity index (χ4v) is 5.00. The second kappa shape index (κ2) is 7.06. The van der Waals surface area contributed by atoms with Crippen LogP contribution < -0.4 is 10.1 Å². The van der Waals surface area contributed by atoms with E-state index < -0.39 is 0 Å². The first kappa shape index (κ1) is 18.5. The largest absolute Gasteiger partial charge is 0.450 e. The van der Waals surface area contributed by atoms with E-state index in [1.807, 2.05) is 55.5 Å². The summed E-state index contributed by atoms with van der Waals surface area (Å²) in [6.07, 6.45) is 1.78. The van der Waals surface area contributed by atoms with Crippen LogP contribution in [0, 0.1) is 13.8 Å². The van der Waals surface area contributed by atoms with Gasteiger partial charge in [-0.25, -0.2) is 9.38 Å². The number of aromatic nitrogens is 2. The number of imidazole rings is 1. The van der Waals surface area contributed by atoms with Gasteiger partial charge in [0.1, 0.15) is 10.3 Å². The van der Waals surface area contributed by atoms with Crippen molar-refractivity contribution in [2.24, 2.45) is 0 Å². The van der Waals surface area contributed by atoms with Gasteiger partial charge < -0.3 is 4.42 Å². The molecule has 4 nitrogen and oxygen atoms in total. The van der Waals surface area contributed by atoms with Crippen molar-refractivity contribution in [3.8, 4) is 0 Å². The van der Waals surface area contributed by atoms with Gasteiger partial charge >= 0.3 is 0 Å². The summed E-state index contributed by atoms with van der Waals surface area (Å²) < 4.78 is 8.17. The first-order chi connectivity index (χ1) is 14.0. The molecule has 0 aliphatic heterocycles. The molecule has 7 heteroatoms. The van der Waals surface area contributed by atoms with Gasteiger partial charge in [-0.1, -0.05) is 34.7 Å². The van der Waals surface area contributed by atoms with Crippen LogP contribution in [0.4, 0.5) is 0 Å². The summed E-state index contributed by atoms with van der Waals surface area (Å²) in [6, 6.07) is 15.4. The van der Waals surface area contributed by atoms with Crippen LogP contribution >= 0.6 is 34.7 Å². The second-order valence-electron chi connectivity index (χ2n) is 6.78. The Bertz CT molecular complexity index is 1480. The van der Waals surface area contributed by atoms with Gasteiger partial charge in [-0.05, 0) is 73.5 Å². The molecule has 0 aliphatic carbocycles. The molecule has 0 bridgehead atoms. The quantitative estimate of drug-likeness (QED) is 0.374. The molecule has 5 rings (SSSR count). The molecule has 0 unspecified atom stereocenters. The molecule has 2 aromatic carbocycles. The van der Waals surface area contributed by atoms with Crippen LogP contribution in [0.25, 0.3) is 22.1 Å². The van der Waals surface area contributed by atoms with Crippen LogP contribution in [-0.4, -0.2) is 9.38 Å². The van der Waals surface area contributed by atoms with Crippen molar-refractivity contribution in [2.75, 3.05) is 0 Å². The van der Waals surface area contributed by atoms with Gasteiger partial charge in [-0.3, -0.25) is 4.79 Å². The van der Waals surface area contributed by atoms with E-state index in [0.29, 0.717) is 20.3 Å². The molecule has 0 radical (unpaired) electrons. The summed E-state index contributed by atoms with van der Waals surface area (Å²) in [7, 11) is 0. The third kappa shape index (κ3) is 3.37. The third-order valence-electron chi connectivity index (χ3n) is 4.76. The molecule has 0 saturated carbocycles. The van der Waals surface area contributed by atoms with Crippen molar-refractivity contribution in [2.45, 2.75) is 23.8 Å². The van der Waals surface area contributed by atoms with Crippen LogP contribution in [0.5, 0.6) is 0 Å². The summed E-state index contributed by atoms with van der Waals surface area (Å²) in [4.78, 5) is 19.3. The van der Waals surface area contributed by atoms with Crippen molar-refractivity contribution in [1.29, 1.82) is 0 Å². The molecule has 0 fully saturated rings. The highest BCUT2D eigenvalue weighted by atomic mass is 35.5. The molecular formula is C22H15ClN2O2S2. The molecule has 5 aromatic rings. The third-order valence-corrected chi connectivity index (χ3v) is 6.91. The van der Waals surface area contributed by atoms with Crippen molar-refractivity contribution in [1.82, 2.24) is 9.38 Å². The Morgan fingerprint density at radius 3 is 2.66 bits per heavy atom. The first-order valence-electron chi connectivity index (χ1n) is 8.95. The van der Waals surface area contributed by atoms with Crippen LogP contribution in [0.1, 0.15) is 16.9 Å². The SMILES string of the molecule is Cc1cc2nc3s/c(=C\c4ccc(Sc5ccc(Cl)cc5)o4)c(=O)n3c2cc1C. The lowest BCUT2D eigenvalue weighted by atomic mass is 10.1. The highest BCUT2D eigenvalue weighted by Crippen LogP contribution is 2.30. The minimum atomic E-state index is -0.0703. The summed E-state index contributed by atoms with van der Waals surface area (Å²) >= 11 is 8.81. The molecule has 144 valence electrons. The number of benzene rings is 2. The monoisotopic (exact) mass is 438 g/mol. The molecule has 3 heterocycles. The Balaban J connectivity index is 1.53. The zero-order chi connectivity index (χ0) is 20.1. The Kier molecular flexibility index (Phi) is 4.50. The minimum Gasteiger partial charge on any atom is -0.450 e. The number of rotatable bonds is 3. The first-order valence-corrected chi connectivity index (χ1v) is 11.0. The van der Waals surface area contributed by atoms with E-state index in [1.165, 1.54) is 28.7 Å². The van der Waals surface area contributed by atoms with E-state index in [2.05, 4.69) is 11.9 Å². The molecule has 0 saturated heterocycles. The van der Waals surface area contributed by atoms with Gasteiger partial charge in [0, 0.05) is 16.0 Å². The Morgan fingerprint density at radius 2 is 1.86 bits per heavy atom. The highest BCUT2D eigenvalue weighted by molar-refractivity contribution is 7.99. The number of aryl methyl sites for hydroxylation is 2. The van der Waals surface area contributed by atoms with Crippen molar-refractivity contribution < 1.29 is 4.42 Å². The molecule has 0 aliphatic rings. The van der Waals surface area contributed by atoms with E-state index in [-0.39, 0.29) is 5.56 Å². The molecule has 29 heavy (non-hydrogen) atoms. The van der Waals surface area contributed by atoms with E-state index >= 15 is 0 Å². The standard InChI is InChI=1S/C22H15ClN2O2S2/c1-12-9-17-18(10-13(12)2)25-21(26)19(29-22(25)24-17)11-15-5-8-20(27-15)28-16-6-3-14(23)4-7-16/h3-11H,1-2H3/b19-11-. The van der Waals surface area contributed by atoms with Crippen LogP contribution in [-0.2, 0) is 0 Å². The number of fused-ring (bicyclic) bond motifs is 3. The molecule has 0 amide bonds. The van der Waals surface area contributed by atoms with E-state index in [4.69, 9.17) is 16.0 Å². The minimum absolute atomic E-state index is 0.0703. The van der Waals surface area contributed by atoms with E-state index in [0.717, 1.165) is 26.6 Å². The van der Waals surface area contributed by atoms with Crippen LogP contribution in [0.2, 0.25) is 5.02 Å². The number of nitrogens with zero attached hydrogens (tertiary/aromatic N) is 2. The zero-order valence-corrected chi connectivity index (χ0v) is 18.0. The van der Waals surface area contributed by atoms with Crippen molar-refractivity contribution in [3.63, 3.8) is 0 Å². The lowest BCUT2D eigenvalue weighted by Crippen LogP contribution is -2.22. The smallest absolute Gasteiger partial charge is 0.275 e. The topological polar surface area (TPSA) is 47.5 Å². The fourth-order valence-electron chi connectivity index (χ4n) is 3.13. The molecular weight excluding hydrogens is 424 g/mol. The molecule has 0 spiro atoms.